The van der Waals surface area contributed by atoms with E-state index in [2.05, 4.69) is 34.7 Å². The van der Waals surface area contributed by atoms with E-state index in [1.165, 1.54) is 5.56 Å². The zero-order chi connectivity index (χ0) is 23.9. The number of hydrogen-bond donors (Lipinski definition) is 3. The largest absolute Gasteiger partial charge is 0.376 e. The molecule has 34 heavy (non-hydrogen) atoms. The van der Waals surface area contributed by atoms with Crippen molar-refractivity contribution in [3.05, 3.63) is 53.6 Å². The number of carbonyl (C=O) groups excluding carboxylic acids is 2. The topological polar surface area (TPSA) is 82.7 Å². The van der Waals surface area contributed by atoms with Crippen molar-refractivity contribution in [1.29, 1.82) is 0 Å². The van der Waals surface area contributed by atoms with Gasteiger partial charge >= 0.3 is 6.03 Å². The summed E-state index contributed by atoms with van der Waals surface area (Å²) >= 11 is 0. The molecule has 0 aromatic heterocycles. The molecular formula is C27H36N4O3. The lowest BCUT2D eigenvalue weighted by Crippen LogP contribution is -2.36. The predicted octanol–water partition coefficient (Wildman–Crippen LogP) is 5.04. The summed E-state index contributed by atoms with van der Waals surface area (Å²) in [6, 6.07) is 13.0. The molecule has 4 rings (SSSR count). The van der Waals surface area contributed by atoms with Gasteiger partial charge in [-0.25, -0.2) is 4.79 Å². The van der Waals surface area contributed by atoms with Crippen molar-refractivity contribution >= 4 is 29.0 Å². The minimum absolute atomic E-state index is 0.0782. The Hall–Kier alpha value is -3.06. The van der Waals surface area contributed by atoms with E-state index < -0.39 is 0 Å². The van der Waals surface area contributed by atoms with Gasteiger partial charge in [-0.1, -0.05) is 26.0 Å². The van der Waals surface area contributed by atoms with E-state index >= 15 is 0 Å². The summed E-state index contributed by atoms with van der Waals surface area (Å²) in [5, 5.41) is 8.77. The summed E-state index contributed by atoms with van der Waals surface area (Å²) in [7, 11) is 0. The number of rotatable bonds is 7. The normalized spacial score (nSPS) is 18.5. The molecule has 2 aliphatic heterocycles. The van der Waals surface area contributed by atoms with Crippen LogP contribution in [0.4, 0.5) is 21.9 Å². The first-order valence-electron chi connectivity index (χ1n) is 12.5. The van der Waals surface area contributed by atoms with Crippen LogP contribution in [-0.4, -0.2) is 44.3 Å². The molecule has 182 valence electrons. The molecule has 3 amide bonds. The maximum atomic E-state index is 13.2. The van der Waals surface area contributed by atoms with Gasteiger partial charge in [0.1, 0.15) is 0 Å². The Morgan fingerprint density at radius 2 is 1.71 bits per heavy atom. The first-order valence-corrected chi connectivity index (χ1v) is 12.5. The number of piperidine rings is 1. The number of ether oxygens (including phenoxy) is 1. The Bertz CT molecular complexity index is 978. The molecule has 7 nitrogen and oxygen atoms in total. The highest BCUT2D eigenvalue weighted by Crippen LogP contribution is 2.29. The molecule has 2 heterocycles. The third-order valence-electron chi connectivity index (χ3n) is 6.76. The molecule has 7 heteroatoms. The first-order chi connectivity index (χ1) is 16.5. The molecule has 0 unspecified atom stereocenters. The lowest BCUT2D eigenvalue weighted by Gasteiger charge is -2.33. The zero-order valence-electron chi connectivity index (χ0n) is 20.2. The van der Waals surface area contributed by atoms with Crippen LogP contribution in [0.5, 0.6) is 0 Å². The van der Waals surface area contributed by atoms with E-state index in [9.17, 15) is 9.59 Å². The molecule has 2 aromatic carbocycles. The van der Waals surface area contributed by atoms with Crippen LogP contribution in [0, 0.1) is 5.92 Å². The number of amides is 3. The van der Waals surface area contributed by atoms with Crippen molar-refractivity contribution in [3.8, 4) is 0 Å². The lowest BCUT2D eigenvalue weighted by molar-refractivity contribution is 0.0858. The number of nitrogens with zero attached hydrogens (tertiary/aromatic N) is 1. The number of urea groups is 1. The quantitative estimate of drug-likeness (QED) is 0.536. The molecule has 0 radical (unpaired) electrons. The second kappa shape index (κ2) is 11.4. The number of carbonyl (C=O) groups is 2. The van der Waals surface area contributed by atoms with E-state index in [4.69, 9.17) is 4.74 Å². The molecule has 0 bridgehead atoms. The monoisotopic (exact) mass is 464 g/mol. The first kappa shape index (κ1) is 24.1. The van der Waals surface area contributed by atoms with Gasteiger partial charge in [-0.2, -0.15) is 0 Å². The van der Waals surface area contributed by atoms with Crippen molar-refractivity contribution < 1.29 is 14.3 Å². The van der Waals surface area contributed by atoms with Gasteiger partial charge in [-0.05, 0) is 73.9 Å². The van der Waals surface area contributed by atoms with Gasteiger partial charge in [0.15, 0.2) is 0 Å². The molecule has 0 aliphatic carbocycles. The maximum absolute atomic E-state index is 13.2. The Labute approximate surface area is 202 Å². The minimum Gasteiger partial charge on any atom is -0.376 e. The van der Waals surface area contributed by atoms with Gasteiger partial charge in [0.2, 0.25) is 0 Å². The molecule has 2 saturated heterocycles. The molecule has 3 N–H and O–H groups in total. The van der Waals surface area contributed by atoms with Crippen LogP contribution < -0.4 is 20.9 Å². The highest BCUT2D eigenvalue weighted by atomic mass is 16.5. The molecule has 0 spiro atoms. The van der Waals surface area contributed by atoms with Crippen molar-refractivity contribution in [2.24, 2.45) is 5.92 Å². The fourth-order valence-corrected chi connectivity index (χ4v) is 4.55. The number of benzene rings is 2. The van der Waals surface area contributed by atoms with Crippen LogP contribution >= 0.6 is 0 Å². The third-order valence-corrected chi connectivity index (χ3v) is 6.76. The Balaban J connectivity index is 1.47. The summed E-state index contributed by atoms with van der Waals surface area (Å²) in [6.45, 7) is 7.48. The Morgan fingerprint density at radius 1 is 1.00 bits per heavy atom. The zero-order valence-corrected chi connectivity index (χ0v) is 20.2. The molecular weight excluding hydrogens is 428 g/mol. The van der Waals surface area contributed by atoms with Crippen LogP contribution in [-0.2, 0) is 11.2 Å². The van der Waals surface area contributed by atoms with Crippen LogP contribution in [0.3, 0.4) is 0 Å². The van der Waals surface area contributed by atoms with Gasteiger partial charge in [0.25, 0.3) is 5.91 Å². The Morgan fingerprint density at radius 3 is 2.38 bits per heavy atom. The summed E-state index contributed by atoms with van der Waals surface area (Å²) in [5.41, 5.74) is 4.02. The van der Waals surface area contributed by atoms with Crippen LogP contribution in [0.15, 0.2) is 42.5 Å². The van der Waals surface area contributed by atoms with Crippen molar-refractivity contribution in [2.75, 3.05) is 41.8 Å². The Kier molecular flexibility index (Phi) is 8.06. The average Bonchev–Trinajstić information content (AvgIpc) is 3.37. The maximum Gasteiger partial charge on any atom is 0.323 e. The fraction of sp³-hybridized carbons (Fsp3) is 0.481. The van der Waals surface area contributed by atoms with Crippen LogP contribution in [0.2, 0.25) is 0 Å². The van der Waals surface area contributed by atoms with Crippen LogP contribution in [0.25, 0.3) is 0 Å². The van der Waals surface area contributed by atoms with Crippen molar-refractivity contribution in [1.82, 2.24) is 5.32 Å². The fourth-order valence-electron chi connectivity index (χ4n) is 4.55. The second-order valence-corrected chi connectivity index (χ2v) is 9.38. The van der Waals surface area contributed by atoms with Gasteiger partial charge in [0, 0.05) is 43.3 Å². The van der Waals surface area contributed by atoms with Gasteiger partial charge in [-0.15, -0.1) is 0 Å². The molecule has 2 aliphatic rings. The highest BCUT2D eigenvalue weighted by molar-refractivity contribution is 6.04. The van der Waals surface area contributed by atoms with E-state index in [0.717, 1.165) is 63.2 Å². The van der Waals surface area contributed by atoms with Crippen LogP contribution in [0.1, 0.15) is 55.5 Å². The van der Waals surface area contributed by atoms with E-state index in [1.54, 1.807) is 6.07 Å². The van der Waals surface area contributed by atoms with Gasteiger partial charge < -0.3 is 25.6 Å². The lowest BCUT2D eigenvalue weighted by atomic mass is 9.97. The molecule has 0 saturated carbocycles. The molecule has 2 aromatic rings. The number of aryl methyl sites for hydroxylation is 1. The average molecular weight is 465 g/mol. The summed E-state index contributed by atoms with van der Waals surface area (Å²) in [6.07, 6.45) is 5.25. The van der Waals surface area contributed by atoms with E-state index in [-0.39, 0.29) is 18.0 Å². The number of nitrogens with one attached hydrogen (secondary N) is 3. The molecule has 1 atom stereocenters. The third kappa shape index (κ3) is 6.29. The van der Waals surface area contributed by atoms with Crippen molar-refractivity contribution in [3.63, 3.8) is 0 Å². The minimum atomic E-state index is -0.338. The van der Waals surface area contributed by atoms with E-state index in [1.807, 2.05) is 36.4 Å². The molecule has 2 fully saturated rings. The summed E-state index contributed by atoms with van der Waals surface area (Å²) < 4.78 is 5.65. The van der Waals surface area contributed by atoms with Gasteiger partial charge in [-0.3, -0.25) is 4.79 Å². The van der Waals surface area contributed by atoms with E-state index in [0.29, 0.717) is 23.7 Å². The summed E-state index contributed by atoms with van der Waals surface area (Å²) in [5.74, 6) is 0.562. The number of anilines is 3. The SMILES string of the molecule is CCc1ccc(NC(=O)Nc2ccc(N3CCC(C)CC3)c(C(=O)NC[C@H]3CCCO3)c2)cc1. The summed E-state index contributed by atoms with van der Waals surface area (Å²) in [4.78, 5) is 28.1. The van der Waals surface area contributed by atoms with Gasteiger partial charge in [0.05, 0.1) is 11.7 Å². The number of hydrogen-bond acceptors (Lipinski definition) is 4. The smallest absolute Gasteiger partial charge is 0.323 e. The van der Waals surface area contributed by atoms with Crippen molar-refractivity contribution in [2.45, 2.75) is 52.1 Å². The predicted molar refractivity (Wildman–Crippen MR) is 137 cm³/mol. The highest BCUT2D eigenvalue weighted by Gasteiger charge is 2.23. The standard InChI is InChI=1S/C27H36N4O3/c1-3-20-6-8-21(9-7-20)29-27(33)30-22-10-11-25(31-14-12-19(2)13-15-31)24(17-22)26(32)28-18-23-5-4-16-34-23/h6-11,17,19,23H,3-5,12-16,18H2,1-2H3,(H,28,32)(H2,29,30,33)/t23-/m1/s1. The second-order valence-electron chi connectivity index (χ2n) is 9.38.